The van der Waals surface area contributed by atoms with Crippen molar-refractivity contribution in [1.82, 2.24) is 4.47 Å². The monoisotopic (exact) mass is 181 g/mol. The number of fused-ring (bicyclic) bond motifs is 3. The van der Waals surface area contributed by atoms with Gasteiger partial charge in [0.05, 0.1) is 0 Å². The number of rotatable bonds is 0. The van der Waals surface area contributed by atoms with Gasteiger partial charge in [-0.05, 0) is 13.0 Å². The first-order chi connectivity index (χ1) is 5.81. The molecule has 1 aromatic rings. The summed E-state index contributed by atoms with van der Waals surface area (Å²) in [6.07, 6.45) is 0. The van der Waals surface area contributed by atoms with E-state index in [4.69, 9.17) is 9.02 Å². The molecule has 0 amide bonds. The van der Waals surface area contributed by atoms with Gasteiger partial charge in [0, 0.05) is 5.56 Å². The van der Waals surface area contributed by atoms with Crippen molar-refractivity contribution in [3.05, 3.63) is 29.8 Å². The van der Waals surface area contributed by atoms with Gasteiger partial charge >= 0.3 is 0 Å². The molecule has 2 aliphatic rings. The zero-order chi connectivity index (χ0) is 8.18. The molecule has 2 atom stereocenters. The molecule has 0 N–H and O–H groups in total. The van der Waals surface area contributed by atoms with Crippen LogP contribution < -0.4 is 4.18 Å². The third kappa shape index (κ3) is 0.696. The maximum absolute atomic E-state index is 5.36. The highest BCUT2D eigenvalue weighted by atomic mass is 32.2. The van der Waals surface area contributed by atoms with Crippen LogP contribution in [-0.4, -0.2) is 4.47 Å². The molecule has 0 spiro atoms. The molecule has 12 heavy (non-hydrogen) atoms. The summed E-state index contributed by atoms with van der Waals surface area (Å²) in [6.45, 7) is 2.03. The van der Waals surface area contributed by atoms with Crippen LogP contribution in [0.5, 0.6) is 5.75 Å². The molecule has 0 aliphatic carbocycles. The van der Waals surface area contributed by atoms with Gasteiger partial charge in [0.25, 0.3) is 0 Å². The maximum atomic E-state index is 5.36. The van der Waals surface area contributed by atoms with Gasteiger partial charge in [-0.2, -0.15) is 0 Å². The van der Waals surface area contributed by atoms with Gasteiger partial charge in [-0.15, -0.1) is 0 Å². The lowest BCUT2D eigenvalue weighted by molar-refractivity contribution is 0.271. The minimum atomic E-state index is -0.250. The molecular formula is C8H7NO2S. The van der Waals surface area contributed by atoms with Crippen LogP contribution in [0.1, 0.15) is 12.5 Å². The number of para-hydroxylation sites is 1. The molecule has 4 heteroatoms. The van der Waals surface area contributed by atoms with Gasteiger partial charge in [-0.25, -0.2) is 0 Å². The fourth-order valence-corrected chi connectivity index (χ4v) is 2.08. The Labute approximate surface area is 74.6 Å². The van der Waals surface area contributed by atoms with Gasteiger partial charge < -0.3 is 4.18 Å². The van der Waals surface area contributed by atoms with Crippen molar-refractivity contribution in [3.8, 4) is 5.75 Å². The predicted octanol–water partition coefficient (Wildman–Crippen LogP) is 2.06. The minimum absolute atomic E-state index is 0.250. The zero-order valence-electron chi connectivity index (χ0n) is 6.48. The lowest BCUT2D eigenvalue weighted by atomic mass is 10.1. The van der Waals surface area contributed by atoms with E-state index in [1.807, 2.05) is 31.2 Å². The second kappa shape index (κ2) is 1.96. The zero-order valence-corrected chi connectivity index (χ0v) is 7.30. The summed E-state index contributed by atoms with van der Waals surface area (Å²) in [6, 6.07) is 7.92. The number of hydrogen-bond donors (Lipinski definition) is 0. The molecule has 0 aromatic heterocycles. The molecule has 0 saturated carbocycles. The third-order valence-electron chi connectivity index (χ3n) is 2.16. The van der Waals surface area contributed by atoms with Crippen molar-refractivity contribution >= 4 is 12.2 Å². The average molecular weight is 181 g/mol. The highest BCUT2D eigenvalue weighted by Gasteiger charge is 2.58. The van der Waals surface area contributed by atoms with E-state index in [0.717, 1.165) is 11.3 Å². The van der Waals surface area contributed by atoms with E-state index in [2.05, 4.69) is 0 Å². The van der Waals surface area contributed by atoms with Crippen LogP contribution in [0.4, 0.5) is 0 Å². The second-order valence-electron chi connectivity index (χ2n) is 2.99. The van der Waals surface area contributed by atoms with Crippen LogP contribution in [0.15, 0.2) is 24.3 Å². The second-order valence-corrected chi connectivity index (χ2v) is 3.63. The Hall–Kier alpha value is -0.710. The summed E-state index contributed by atoms with van der Waals surface area (Å²) in [7, 11) is 0. The molecule has 1 fully saturated rings. The van der Waals surface area contributed by atoms with E-state index in [-0.39, 0.29) is 5.72 Å². The van der Waals surface area contributed by atoms with E-state index >= 15 is 0 Å². The van der Waals surface area contributed by atoms with E-state index in [0.29, 0.717) is 0 Å². The Bertz CT molecular complexity index is 342. The maximum Gasteiger partial charge on any atom is 0.206 e. The normalized spacial score (nSPS) is 36.2. The Morgan fingerprint density at radius 3 is 3.17 bits per heavy atom. The van der Waals surface area contributed by atoms with E-state index in [1.165, 1.54) is 12.2 Å². The fourth-order valence-electron chi connectivity index (χ4n) is 1.37. The topological polar surface area (TPSA) is 24.8 Å². The van der Waals surface area contributed by atoms with Crippen LogP contribution in [0.2, 0.25) is 0 Å². The van der Waals surface area contributed by atoms with Crippen LogP contribution in [0.25, 0.3) is 0 Å². The van der Waals surface area contributed by atoms with Gasteiger partial charge in [-0.1, -0.05) is 22.7 Å². The molecule has 1 saturated heterocycles. The van der Waals surface area contributed by atoms with Gasteiger partial charge in [0.15, 0.2) is 12.2 Å². The van der Waals surface area contributed by atoms with Crippen molar-refractivity contribution in [2.75, 3.05) is 0 Å². The molecule has 2 heterocycles. The van der Waals surface area contributed by atoms with E-state index in [1.54, 1.807) is 4.47 Å². The molecular weight excluding hydrogens is 174 g/mol. The lowest BCUT2D eigenvalue weighted by Gasteiger charge is -2.15. The number of hydroxylamine groups is 1. The van der Waals surface area contributed by atoms with Crippen molar-refractivity contribution in [2.24, 2.45) is 0 Å². The molecule has 62 valence electrons. The molecule has 3 rings (SSSR count). The summed E-state index contributed by atoms with van der Waals surface area (Å²) in [5, 5.41) is 0. The smallest absolute Gasteiger partial charge is 0.206 e. The Kier molecular flexibility index (Phi) is 1.11. The van der Waals surface area contributed by atoms with Crippen molar-refractivity contribution in [2.45, 2.75) is 12.6 Å². The summed E-state index contributed by atoms with van der Waals surface area (Å²) in [5.74, 6) is 0.902. The minimum Gasteiger partial charge on any atom is -0.407 e. The highest BCUT2D eigenvalue weighted by molar-refractivity contribution is 7.92. The first-order valence-corrected chi connectivity index (χ1v) is 4.44. The Morgan fingerprint density at radius 1 is 1.42 bits per heavy atom. The lowest BCUT2D eigenvalue weighted by Crippen LogP contribution is -2.14. The molecule has 0 radical (unpaired) electrons. The average Bonchev–Trinajstić information content (AvgIpc) is 2.78. The van der Waals surface area contributed by atoms with Crippen LogP contribution >= 0.6 is 12.2 Å². The van der Waals surface area contributed by atoms with Crippen molar-refractivity contribution in [1.29, 1.82) is 0 Å². The summed E-state index contributed by atoms with van der Waals surface area (Å²) >= 11 is 1.24. The van der Waals surface area contributed by atoms with Crippen LogP contribution in [-0.2, 0) is 10.6 Å². The first kappa shape index (κ1) is 6.77. The molecule has 1 aromatic carbocycles. The molecule has 2 aliphatic heterocycles. The largest absolute Gasteiger partial charge is 0.407 e. The van der Waals surface area contributed by atoms with Crippen molar-refractivity contribution in [3.63, 3.8) is 0 Å². The molecule has 3 nitrogen and oxygen atoms in total. The van der Waals surface area contributed by atoms with Gasteiger partial charge in [0.2, 0.25) is 5.72 Å². The molecule has 0 bridgehead atoms. The number of benzene rings is 1. The Morgan fingerprint density at radius 2 is 2.25 bits per heavy atom. The SMILES string of the molecule is CC12ON1SOc1ccccc12. The van der Waals surface area contributed by atoms with E-state index < -0.39 is 0 Å². The fraction of sp³-hybridized carbons (Fsp3) is 0.250. The highest BCUT2D eigenvalue weighted by Crippen LogP contribution is 2.56. The summed E-state index contributed by atoms with van der Waals surface area (Å²) in [5.41, 5.74) is 0.850. The van der Waals surface area contributed by atoms with Gasteiger partial charge in [0.1, 0.15) is 5.75 Å². The molecule has 2 unspecified atom stereocenters. The van der Waals surface area contributed by atoms with Crippen LogP contribution in [0.3, 0.4) is 0 Å². The quantitative estimate of drug-likeness (QED) is 0.347. The van der Waals surface area contributed by atoms with Gasteiger partial charge in [-0.3, -0.25) is 4.84 Å². The van der Waals surface area contributed by atoms with E-state index in [9.17, 15) is 0 Å². The van der Waals surface area contributed by atoms with Crippen molar-refractivity contribution < 1.29 is 9.02 Å². The third-order valence-corrected chi connectivity index (χ3v) is 2.97. The standard InChI is InChI=1S/C8H7NO2S/c1-8-6-4-2-3-5-7(6)10-12-9(8)11-8/h2-5H,1H3. The first-order valence-electron chi connectivity index (χ1n) is 3.74. The number of nitrogens with zero attached hydrogens (tertiary/aromatic N) is 1. The predicted molar refractivity (Wildman–Crippen MR) is 44.9 cm³/mol. The number of hydrogen-bond acceptors (Lipinski definition) is 4. The summed E-state index contributed by atoms with van der Waals surface area (Å²) in [4.78, 5) is 5.36. The summed E-state index contributed by atoms with van der Waals surface area (Å²) < 4.78 is 7.11. The Balaban J connectivity index is 2.19. The van der Waals surface area contributed by atoms with Crippen LogP contribution in [0, 0.1) is 0 Å².